The van der Waals surface area contributed by atoms with E-state index in [0.717, 1.165) is 30.7 Å². The molecule has 0 unspecified atom stereocenters. The number of benzene rings is 2. The summed E-state index contributed by atoms with van der Waals surface area (Å²) in [6, 6.07) is 14.1. The minimum Gasteiger partial charge on any atom is -0.497 e. The molecule has 0 spiro atoms. The number of fused-ring (bicyclic) bond motifs is 1. The first-order valence-electron chi connectivity index (χ1n) is 8.85. The molecule has 3 rings (SSSR count). The highest BCUT2D eigenvalue weighted by atomic mass is 16.5. The van der Waals surface area contributed by atoms with Gasteiger partial charge in [-0.05, 0) is 56.0 Å². The molecule has 4 heteroatoms. The average molecular weight is 338 g/mol. The van der Waals surface area contributed by atoms with Gasteiger partial charge in [0, 0.05) is 18.8 Å². The van der Waals surface area contributed by atoms with Crippen LogP contribution in [0.15, 0.2) is 42.5 Å². The Kier molecular flexibility index (Phi) is 5.27. The summed E-state index contributed by atoms with van der Waals surface area (Å²) in [5, 5.41) is 3.05. The molecule has 132 valence electrons. The molecule has 0 saturated heterocycles. The van der Waals surface area contributed by atoms with Gasteiger partial charge in [-0.15, -0.1) is 0 Å². The lowest BCUT2D eigenvalue weighted by Gasteiger charge is -2.35. The smallest absolute Gasteiger partial charge is 0.242 e. The molecule has 1 atom stereocenters. The summed E-state index contributed by atoms with van der Waals surface area (Å²) < 4.78 is 5.16. The van der Waals surface area contributed by atoms with Crippen LogP contribution in [-0.4, -0.2) is 25.6 Å². The van der Waals surface area contributed by atoms with Crippen LogP contribution in [0.2, 0.25) is 0 Å². The van der Waals surface area contributed by atoms with E-state index in [0.29, 0.717) is 6.54 Å². The zero-order valence-electron chi connectivity index (χ0n) is 15.2. The zero-order valence-corrected chi connectivity index (χ0v) is 15.2. The summed E-state index contributed by atoms with van der Waals surface area (Å²) in [5.41, 5.74) is 4.89. The van der Waals surface area contributed by atoms with Crippen LogP contribution in [0.5, 0.6) is 5.75 Å². The van der Waals surface area contributed by atoms with Crippen molar-refractivity contribution in [1.29, 1.82) is 0 Å². The lowest BCUT2D eigenvalue weighted by atomic mass is 9.98. The van der Waals surface area contributed by atoms with Crippen LogP contribution in [0.4, 0.5) is 5.69 Å². The second-order valence-corrected chi connectivity index (χ2v) is 6.67. The van der Waals surface area contributed by atoms with Gasteiger partial charge in [-0.25, -0.2) is 0 Å². The van der Waals surface area contributed by atoms with E-state index >= 15 is 0 Å². The van der Waals surface area contributed by atoms with Crippen LogP contribution in [-0.2, 0) is 17.8 Å². The number of anilines is 1. The number of rotatable bonds is 5. The standard InChI is InChI=1S/C21H26N2O2/c1-15-6-11-20-18(13-15)5-4-12-23(20)16(2)21(24)22-14-17-7-9-19(25-3)10-8-17/h6-11,13,16H,4-5,12,14H2,1-3H3,(H,22,24)/t16-/m1/s1. The maximum absolute atomic E-state index is 12.6. The third kappa shape index (κ3) is 3.95. The fourth-order valence-corrected chi connectivity index (χ4v) is 3.38. The Hall–Kier alpha value is -2.49. The number of carbonyl (C=O) groups excluding carboxylic acids is 1. The Labute approximate surface area is 149 Å². The fraction of sp³-hybridized carbons (Fsp3) is 0.381. The maximum Gasteiger partial charge on any atom is 0.242 e. The molecule has 4 nitrogen and oxygen atoms in total. The Balaban J connectivity index is 1.64. The van der Waals surface area contributed by atoms with Crippen molar-refractivity contribution in [3.05, 3.63) is 59.2 Å². The first kappa shape index (κ1) is 17.3. The van der Waals surface area contributed by atoms with Crippen molar-refractivity contribution >= 4 is 11.6 Å². The quantitative estimate of drug-likeness (QED) is 0.908. The van der Waals surface area contributed by atoms with Crippen molar-refractivity contribution in [3.8, 4) is 5.75 Å². The number of hydrogen-bond donors (Lipinski definition) is 1. The molecular formula is C21H26N2O2. The van der Waals surface area contributed by atoms with E-state index < -0.39 is 0 Å². The number of methoxy groups -OCH3 is 1. The minimum absolute atomic E-state index is 0.0595. The van der Waals surface area contributed by atoms with Crippen LogP contribution in [0.1, 0.15) is 30.0 Å². The first-order chi connectivity index (χ1) is 12.1. The number of amides is 1. The van der Waals surface area contributed by atoms with Gasteiger partial charge in [0.05, 0.1) is 7.11 Å². The third-order valence-electron chi connectivity index (χ3n) is 4.86. The van der Waals surface area contributed by atoms with Crippen LogP contribution < -0.4 is 15.0 Å². The summed E-state index contributed by atoms with van der Waals surface area (Å²) in [5.74, 6) is 0.882. The summed E-state index contributed by atoms with van der Waals surface area (Å²) in [6.07, 6.45) is 2.18. The summed E-state index contributed by atoms with van der Waals surface area (Å²) in [6.45, 7) is 5.55. The molecule has 0 saturated carbocycles. The Morgan fingerprint density at radius 3 is 2.72 bits per heavy atom. The van der Waals surface area contributed by atoms with Crippen molar-refractivity contribution in [2.45, 2.75) is 39.3 Å². The van der Waals surface area contributed by atoms with E-state index in [1.807, 2.05) is 31.2 Å². The van der Waals surface area contributed by atoms with Gasteiger partial charge < -0.3 is 15.0 Å². The zero-order chi connectivity index (χ0) is 17.8. The second-order valence-electron chi connectivity index (χ2n) is 6.67. The van der Waals surface area contributed by atoms with Crippen LogP contribution in [0.3, 0.4) is 0 Å². The Morgan fingerprint density at radius 2 is 2.00 bits per heavy atom. The number of nitrogens with zero attached hydrogens (tertiary/aromatic N) is 1. The molecule has 0 fully saturated rings. The minimum atomic E-state index is -0.181. The molecule has 0 aliphatic carbocycles. The van der Waals surface area contributed by atoms with E-state index in [9.17, 15) is 4.79 Å². The van der Waals surface area contributed by atoms with Crippen molar-refractivity contribution in [3.63, 3.8) is 0 Å². The molecule has 1 heterocycles. The largest absolute Gasteiger partial charge is 0.497 e. The highest BCUT2D eigenvalue weighted by Gasteiger charge is 2.25. The topological polar surface area (TPSA) is 41.6 Å². The third-order valence-corrected chi connectivity index (χ3v) is 4.86. The van der Waals surface area contributed by atoms with Gasteiger partial charge in [0.2, 0.25) is 5.91 Å². The van der Waals surface area contributed by atoms with Crippen molar-refractivity contribution < 1.29 is 9.53 Å². The van der Waals surface area contributed by atoms with E-state index in [1.54, 1.807) is 7.11 Å². The molecule has 2 aromatic rings. The summed E-state index contributed by atoms with van der Waals surface area (Å²) >= 11 is 0. The Morgan fingerprint density at radius 1 is 1.24 bits per heavy atom. The fourth-order valence-electron chi connectivity index (χ4n) is 3.38. The second kappa shape index (κ2) is 7.60. The van der Waals surface area contributed by atoms with Gasteiger partial charge in [-0.2, -0.15) is 0 Å². The highest BCUT2D eigenvalue weighted by Crippen LogP contribution is 2.29. The monoisotopic (exact) mass is 338 g/mol. The molecule has 0 radical (unpaired) electrons. The summed E-state index contributed by atoms with van der Waals surface area (Å²) in [7, 11) is 1.65. The number of hydrogen-bond acceptors (Lipinski definition) is 3. The van der Waals surface area contributed by atoms with Gasteiger partial charge in [0.15, 0.2) is 0 Å². The number of carbonyl (C=O) groups is 1. The molecule has 1 N–H and O–H groups in total. The van der Waals surface area contributed by atoms with Gasteiger partial charge in [-0.1, -0.05) is 29.8 Å². The SMILES string of the molecule is COc1ccc(CNC(=O)[C@@H](C)N2CCCc3cc(C)ccc32)cc1. The normalized spacial score (nSPS) is 14.6. The van der Waals surface area contributed by atoms with Gasteiger partial charge in [0.1, 0.15) is 11.8 Å². The lowest BCUT2D eigenvalue weighted by molar-refractivity contribution is -0.122. The van der Waals surface area contributed by atoms with E-state index in [1.165, 1.54) is 16.8 Å². The van der Waals surface area contributed by atoms with Crippen LogP contribution >= 0.6 is 0 Å². The van der Waals surface area contributed by atoms with Crippen LogP contribution in [0, 0.1) is 6.92 Å². The first-order valence-corrected chi connectivity index (χ1v) is 8.85. The van der Waals surface area contributed by atoms with Crippen molar-refractivity contribution in [2.75, 3.05) is 18.6 Å². The van der Waals surface area contributed by atoms with Crippen molar-refractivity contribution in [1.82, 2.24) is 5.32 Å². The Bertz CT molecular complexity index is 740. The molecular weight excluding hydrogens is 312 g/mol. The predicted molar refractivity (Wildman–Crippen MR) is 101 cm³/mol. The van der Waals surface area contributed by atoms with E-state index in [4.69, 9.17) is 4.74 Å². The number of ether oxygens (including phenoxy) is 1. The molecule has 0 aromatic heterocycles. The number of nitrogens with one attached hydrogen (secondary N) is 1. The molecule has 1 aliphatic rings. The molecule has 1 aliphatic heterocycles. The van der Waals surface area contributed by atoms with E-state index in [-0.39, 0.29) is 11.9 Å². The predicted octanol–water partition coefficient (Wildman–Crippen LogP) is 3.46. The van der Waals surface area contributed by atoms with Gasteiger partial charge >= 0.3 is 0 Å². The number of aryl methyl sites for hydroxylation is 2. The average Bonchev–Trinajstić information content (AvgIpc) is 2.65. The summed E-state index contributed by atoms with van der Waals surface area (Å²) in [4.78, 5) is 14.9. The van der Waals surface area contributed by atoms with Gasteiger partial charge in [0.25, 0.3) is 0 Å². The van der Waals surface area contributed by atoms with Crippen molar-refractivity contribution in [2.24, 2.45) is 0 Å². The maximum atomic E-state index is 12.6. The molecule has 0 bridgehead atoms. The van der Waals surface area contributed by atoms with E-state index in [2.05, 4.69) is 35.3 Å². The molecule has 1 amide bonds. The van der Waals surface area contributed by atoms with Crippen LogP contribution in [0.25, 0.3) is 0 Å². The molecule has 2 aromatic carbocycles. The molecule has 25 heavy (non-hydrogen) atoms. The lowest BCUT2D eigenvalue weighted by Crippen LogP contribution is -2.47. The van der Waals surface area contributed by atoms with Gasteiger partial charge in [-0.3, -0.25) is 4.79 Å². The highest BCUT2D eigenvalue weighted by molar-refractivity contribution is 5.85.